The molecule has 1 saturated heterocycles. The van der Waals surface area contributed by atoms with Crippen LogP contribution in [0, 0.1) is 0 Å². The van der Waals surface area contributed by atoms with Crippen molar-refractivity contribution >= 4 is 5.91 Å². The minimum Gasteiger partial charge on any atom is -0.334 e. The number of amides is 1. The second-order valence-corrected chi connectivity index (χ2v) is 6.33. The Kier molecular flexibility index (Phi) is 4.55. The summed E-state index contributed by atoms with van der Waals surface area (Å²) in [6.45, 7) is 2.48. The van der Waals surface area contributed by atoms with Crippen LogP contribution in [0.1, 0.15) is 35.8 Å². The van der Waals surface area contributed by atoms with Crippen LogP contribution in [-0.2, 0) is 6.18 Å². The van der Waals surface area contributed by atoms with E-state index < -0.39 is 11.7 Å². The summed E-state index contributed by atoms with van der Waals surface area (Å²) in [7, 11) is 0. The SMILES string of the molecule is C[C@H]1C[C@H](N)CCN1C(=O)c1ccn(-c2cccc(C(F)(F)F)c2)n1. The Bertz CT molecular complexity index is 771. The Hall–Kier alpha value is -2.35. The molecule has 1 amide bonds. The molecule has 0 bridgehead atoms. The number of likely N-dealkylation sites (tertiary alicyclic amines) is 1. The van der Waals surface area contributed by atoms with Gasteiger partial charge in [-0.2, -0.15) is 18.3 Å². The van der Waals surface area contributed by atoms with Crippen molar-refractivity contribution in [3.8, 4) is 5.69 Å². The number of piperidine rings is 1. The average molecular weight is 352 g/mol. The number of carbonyl (C=O) groups is 1. The molecule has 5 nitrogen and oxygen atoms in total. The fourth-order valence-electron chi connectivity index (χ4n) is 3.06. The van der Waals surface area contributed by atoms with Gasteiger partial charge in [-0.25, -0.2) is 4.68 Å². The Balaban J connectivity index is 1.82. The predicted molar refractivity (Wildman–Crippen MR) is 86.3 cm³/mol. The predicted octanol–water partition coefficient (Wildman–Crippen LogP) is 2.84. The van der Waals surface area contributed by atoms with E-state index >= 15 is 0 Å². The first kappa shape index (κ1) is 17.5. The molecule has 2 N–H and O–H groups in total. The van der Waals surface area contributed by atoms with Crippen LogP contribution >= 0.6 is 0 Å². The highest BCUT2D eigenvalue weighted by molar-refractivity contribution is 5.92. The molecule has 0 radical (unpaired) electrons. The number of hydrogen-bond acceptors (Lipinski definition) is 3. The van der Waals surface area contributed by atoms with Gasteiger partial charge in [0.1, 0.15) is 0 Å². The Morgan fingerprint density at radius 3 is 2.76 bits per heavy atom. The number of halogens is 3. The van der Waals surface area contributed by atoms with Gasteiger partial charge in [-0.1, -0.05) is 6.07 Å². The van der Waals surface area contributed by atoms with E-state index in [4.69, 9.17) is 5.73 Å². The standard InChI is InChI=1S/C17H19F3N4O/c1-11-9-13(21)5-7-23(11)16(25)15-6-8-24(22-15)14-4-2-3-12(10-14)17(18,19)20/h2-4,6,8,10-11,13H,5,7,9,21H2,1H3/t11-,13+/m0/s1. The Labute approximate surface area is 143 Å². The molecule has 2 aromatic rings. The molecule has 8 heteroatoms. The zero-order valence-electron chi connectivity index (χ0n) is 13.7. The zero-order chi connectivity index (χ0) is 18.2. The van der Waals surface area contributed by atoms with Gasteiger partial charge in [0.05, 0.1) is 11.3 Å². The third-order valence-electron chi connectivity index (χ3n) is 4.42. The molecule has 25 heavy (non-hydrogen) atoms. The van der Waals surface area contributed by atoms with Crippen LogP contribution in [0.15, 0.2) is 36.5 Å². The van der Waals surface area contributed by atoms with Crippen LogP contribution in [-0.4, -0.2) is 39.2 Å². The summed E-state index contributed by atoms with van der Waals surface area (Å²) in [5.41, 5.74) is 5.61. The number of nitrogens with two attached hydrogens (primary N) is 1. The highest BCUT2D eigenvalue weighted by Crippen LogP contribution is 2.30. The molecule has 1 aliphatic heterocycles. The lowest BCUT2D eigenvalue weighted by molar-refractivity contribution is -0.137. The lowest BCUT2D eigenvalue weighted by Crippen LogP contribution is -2.48. The summed E-state index contributed by atoms with van der Waals surface area (Å²) in [6.07, 6.45) is -1.49. The molecular weight excluding hydrogens is 333 g/mol. The zero-order valence-corrected chi connectivity index (χ0v) is 13.7. The van der Waals surface area contributed by atoms with Crippen molar-refractivity contribution in [1.29, 1.82) is 0 Å². The van der Waals surface area contributed by atoms with Crippen LogP contribution in [0.5, 0.6) is 0 Å². The average Bonchev–Trinajstić information content (AvgIpc) is 3.04. The fourth-order valence-corrected chi connectivity index (χ4v) is 3.06. The number of carbonyl (C=O) groups excluding carboxylic acids is 1. The normalized spacial score (nSPS) is 21.4. The van der Waals surface area contributed by atoms with Gasteiger partial charge in [0.2, 0.25) is 0 Å². The third-order valence-corrected chi connectivity index (χ3v) is 4.42. The topological polar surface area (TPSA) is 64.2 Å². The van der Waals surface area contributed by atoms with Crippen molar-refractivity contribution in [3.05, 3.63) is 47.8 Å². The third kappa shape index (κ3) is 3.68. The minimum atomic E-state index is -4.43. The van der Waals surface area contributed by atoms with Gasteiger partial charge in [-0.05, 0) is 44.0 Å². The van der Waals surface area contributed by atoms with Crippen LogP contribution < -0.4 is 5.73 Å². The van der Waals surface area contributed by atoms with Crippen molar-refractivity contribution < 1.29 is 18.0 Å². The number of hydrogen-bond donors (Lipinski definition) is 1. The molecule has 0 unspecified atom stereocenters. The highest BCUT2D eigenvalue weighted by atomic mass is 19.4. The van der Waals surface area contributed by atoms with Gasteiger partial charge in [-0.3, -0.25) is 4.79 Å². The number of nitrogens with zero attached hydrogens (tertiary/aromatic N) is 3. The Morgan fingerprint density at radius 1 is 1.32 bits per heavy atom. The van der Waals surface area contributed by atoms with Crippen molar-refractivity contribution in [2.24, 2.45) is 5.73 Å². The molecule has 0 aliphatic carbocycles. The minimum absolute atomic E-state index is 0.00922. The molecule has 1 aromatic heterocycles. The van der Waals surface area contributed by atoms with Gasteiger partial charge in [0, 0.05) is 24.8 Å². The van der Waals surface area contributed by atoms with Gasteiger partial charge in [0.15, 0.2) is 5.69 Å². The number of rotatable bonds is 2. The van der Waals surface area contributed by atoms with Crippen molar-refractivity contribution in [1.82, 2.24) is 14.7 Å². The lowest BCUT2D eigenvalue weighted by Gasteiger charge is -2.35. The van der Waals surface area contributed by atoms with E-state index in [9.17, 15) is 18.0 Å². The smallest absolute Gasteiger partial charge is 0.334 e. The van der Waals surface area contributed by atoms with E-state index in [2.05, 4.69) is 5.10 Å². The van der Waals surface area contributed by atoms with Crippen molar-refractivity contribution in [2.75, 3.05) is 6.54 Å². The van der Waals surface area contributed by atoms with Gasteiger partial charge in [-0.15, -0.1) is 0 Å². The van der Waals surface area contributed by atoms with Crippen molar-refractivity contribution in [3.63, 3.8) is 0 Å². The molecule has 0 spiro atoms. The molecule has 1 aliphatic rings. The molecule has 2 atom stereocenters. The monoisotopic (exact) mass is 352 g/mol. The van der Waals surface area contributed by atoms with Crippen LogP contribution in [0.4, 0.5) is 13.2 Å². The Morgan fingerprint density at radius 2 is 2.08 bits per heavy atom. The van der Waals surface area contributed by atoms with E-state index in [0.29, 0.717) is 6.54 Å². The van der Waals surface area contributed by atoms with Crippen LogP contribution in [0.25, 0.3) is 5.69 Å². The molecule has 0 saturated carbocycles. The number of alkyl halides is 3. The summed E-state index contributed by atoms with van der Waals surface area (Å²) in [5.74, 6) is -0.231. The summed E-state index contributed by atoms with van der Waals surface area (Å²) >= 11 is 0. The molecule has 134 valence electrons. The fraction of sp³-hybridized carbons (Fsp3) is 0.412. The first-order valence-corrected chi connectivity index (χ1v) is 8.05. The van der Waals surface area contributed by atoms with E-state index in [1.807, 2.05) is 6.92 Å². The second-order valence-electron chi connectivity index (χ2n) is 6.33. The van der Waals surface area contributed by atoms with Crippen LogP contribution in [0.2, 0.25) is 0 Å². The summed E-state index contributed by atoms with van der Waals surface area (Å²) < 4.78 is 39.8. The molecule has 2 heterocycles. The molecular formula is C17H19F3N4O. The maximum absolute atomic E-state index is 12.8. The van der Waals surface area contributed by atoms with E-state index in [-0.39, 0.29) is 29.4 Å². The van der Waals surface area contributed by atoms with E-state index in [0.717, 1.165) is 25.0 Å². The van der Waals surface area contributed by atoms with Gasteiger partial charge in [0.25, 0.3) is 5.91 Å². The quantitative estimate of drug-likeness (QED) is 0.904. The largest absolute Gasteiger partial charge is 0.416 e. The maximum Gasteiger partial charge on any atom is 0.416 e. The summed E-state index contributed by atoms with van der Waals surface area (Å²) in [5, 5.41) is 4.16. The second kappa shape index (κ2) is 6.51. The molecule has 3 rings (SSSR count). The maximum atomic E-state index is 12.8. The number of aromatic nitrogens is 2. The van der Waals surface area contributed by atoms with Gasteiger partial charge < -0.3 is 10.6 Å². The molecule has 1 aromatic carbocycles. The van der Waals surface area contributed by atoms with E-state index in [1.54, 1.807) is 4.90 Å². The van der Waals surface area contributed by atoms with Gasteiger partial charge >= 0.3 is 6.18 Å². The van der Waals surface area contributed by atoms with Crippen molar-refractivity contribution in [2.45, 2.75) is 38.0 Å². The summed E-state index contributed by atoms with van der Waals surface area (Å²) in [4.78, 5) is 14.3. The van der Waals surface area contributed by atoms with E-state index in [1.165, 1.54) is 29.1 Å². The number of benzene rings is 1. The van der Waals surface area contributed by atoms with Crippen LogP contribution in [0.3, 0.4) is 0 Å². The molecule has 1 fully saturated rings. The lowest BCUT2D eigenvalue weighted by atomic mass is 9.99. The highest BCUT2D eigenvalue weighted by Gasteiger charge is 2.31. The first-order chi connectivity index (χ1) is 11.8. The summed E-state index contributed by atoms with van der Waals surface area (Å²) in [6, 6.07) is 6.44. The first-order valence-electron chi connectivity index (χ1n) is 8.05.